The molecule has 1 aromatic rings. The molecule has 0 unspecified atom stereocenters. The molecule has 0 bridgehead atoms. The van der Waals surface area contributed by atoms with Gasteiger partial charge in [0.2, 0.25) is 0 Å². The van der Waals surface area contributed by atoms with Crippen molar-refractivity contribution in [3.63, 3.8) is 0 Å². The molecular formula is C15H22N3O2. The highest BCUT2D eigenvalue weighted by Gasteiger charge is 2.25. The van der Waals surface area contributed by atoms with Crippen LogP contribution in [0.2, 0.25) is 0 Å². The van der Waals surface area contributed by atoms with Crippen molar-refractivity contribution in [3.05, 3.63) is 24.3 Å². The largest absolute Gasteiger partial charge is 0.444 e. The van der Waals surface area contributed by atoms with E-state index in [1.807, 2.05) is 39.0 Å². The van der Waals surface area contributed by atoms with Gasteiger partial charge in [0.15, 0.2) is 0 Å². The number of ether oxygens (including phenoxy) is 1. The molecule has 0 atom stereocenters. The summed E-state index contributed by atoms with van der Waals surface area (Å²) in [4.78, 5) is 15.9. The molecule has 0 spiro atoms. The lowest BCUT2D eigenvalue weighted by atomic mass is 10.2. The lowest BCUT2D eigenvalue weighted by molar-refractivity contribution is 0.0240. The summed E-state index contributed by atoms with van der Waals surface area (Å²) < 4.78 is 5.38. The molecule has 109 valence electrons. The number of carbonyl (C=O) groups is 1. The number of anilines is 2. The van der Waals surface area contributed by atoms with E-state index in [1.54, 1.807) is 4.90 Å². The number of benzene rings is 1. The van der Waals surface area contributed by atoms with E-state index in [2.05, 4.69) is 11.0 Å². The Morgan fingerprint density at radius 1 is 1.25 bits per heavy atom. The van der Waals surface area contributed by atoms with E-state index in [4.69, 9.17) is 10.5 Å². The molecule has 2 N–H and O–H groups in total. The van der Waals surface area contributed by atoms with Crippen molar-refractivity contribution < 1.29 is 9.53 Å². The van der Waals surface area contributed by atoms with Crippen LogP contribution in [0.15, 0.2) is 18.2 Å². The molecule has 5 nitrogen and oxygen atoms in total. The highest BCUT2D eigenvalue weighted by Crippen LogP contribution is 2.18. The molecule has 1 amide bonds. The third-order valence-corrected chi connectivity index (χ3v) is 3.12. The lowest BCUT2D eigenvalue weighted by Crippen LogP contribution is -2.50. The molecular weight excluding hydrogens is 254 g/mol. The third kappa shape index (κ3) is 3.79. The smallest absolute Gasteiger partial charge is 0.410 e. The minimum absolute atomic E-state index is 0.235. The summed E-state index contributed by atoms with van der Waals surface area (Å²) in [5.74, 6) is 0. The van der Waals surface area contributed by atoms with Crippen molar-refractivity contribution in [2.45, 2.75) is 26.4 Å². The number of carbonyl (C=O) groups excluding carboxylic acids is 1. The first-order valence-corrected chi connectivity index (χ1v) is 6.85. The first-order valence-electron chi connectivity index (χ1n) is 6.85. The SMILES string of the molecule is CC(C)(C)OC(=O)N1CCN(c2c[c]c(N)cc2)CC1. The predicted molar refractivity (Wildman–Crippen MR) is 79.7 cm³/mol. The zero-order chi connectivity index (χ0) is 14.8. The van der Waals surface area contributed by atoms with Crippen LogP contribution < -0.4 is 10.6 Å². The fraction of sp³-hybridized carbons (Fsp3) is 0.533. The number of hydrogen-bond donors (Lipinski definition) is 1. The minimum Gasteiger partial charge on any atom is -0.444 e. The van der Waals surface area contributed by atoms with Gasteiger partial charge in [-0.15, -0.1) is 0 Å². The van der Waals surface area contributed by atoms with Crippen molar-refractivity contribution in [2.24, 2.45) is 0 Å². The Morgan fingerprint density at radius 2 is 1.90 bits per heavy atom. The second-order valence-corrected chi connectivity index (χ2v) is 5.96. The van der Waals surface area contributed by atoms with Crippen molar-refractivity contribution in [3.8, 4) is 0 Å². The summed E-state index contributed by atoms with van der Waals surface area (Å²) in [6.07, 6.45) is -0.235. The standard InChI is InChI=1S/C15H22N3O2/c1-15(2,3)20-14(19)18-10-8-17(9-11-18)13-6-4-12(16)5-7-13/h4,6-7H,8-11,16H2,1-3H3. The van der Waals surface area contributed by atoms with Gasteiger partial charge >= 0.3 is 6.09 Å². The van der Waals surface area contributed by atoms with Crippen molar-refractivity contribution >= 4 is 17.5 Å². The molecule has 1 saturated heterocycles. The normalized spacial score (nSPS) is 16.1. The van der Waals surface area contributed by atoms with Crippen LogP contribution in [-0.4, -0.2) is 42.8 Å². The van der Waals surface area contributed by atoms with Gasteiger partial charge in [-0.05, 0) is 39.0 Å². The monoisotopic (exact) mass is 276 g/mol. The highest BCUT2D eigenvalue weighted by molar-refractivity contribution is 5.68. The number of amides is 1. The Balaban J connectivity index is 1.89. The highest BCUT2D eigenvalue weighted by atomic mass is 16.6. The number of rotatable bonds is 1. The molecule has 0 aliphatic carbocycles. The van der Waals surface area contributed by atoms with Gasteiger partial charge in [-0.2, -0.15) is 0 Å². The molecule has 1 aliphatic rings. The van der Waals surface area contributed by atoms with Crippen LogP contribution in [0.4, 0.5) is 16.2 Å². The van der Waals surface area contributed by atoms with Gasteiger partial charge in [0.25, 0.3) is 0 Å². The maximum Gasteiger partial charge on any atom is 0.410 e. The molecule has 0 aromatic heterocycles. The Bertz CT molecular complexity index is 457. The molecule has 1 heterocycles. The second-order valence-electron chi connectivity index (χ2n) is 5.96. The number of piperazine rings is 1. The summed E-state index contributed by atoms with van der Waals surface area (Å²) >= 11 is 0. The van der Waals surface area contributed by atoms with E-state index in [9.17, 15) is 4.79 Å². The van der Waals surface area contributed by atoms with E-state index >= 15 is 0 Å². The maximum atomic E-state index is 12.0. The average Bonchev–Trinajstić information content (AvgIpc) is 2.38. The van der Waals surface area contributed by atoms with Gasteiger partial charge in [0.1, 0.15) is 5.60 Å². The van der Waals surface area contributed by atoms with Gasteiger partial charge < -0.3 is 20.3 Å². The summed E-state index contributed by atoms with van der Waals surface area (Å²) in [5.41, 5.74) is 6.92. The number of hydrogen-bond acceptors (Lipinski definition) is 4. The van der Waals surface area contributed by atoms with Gasteiger partial charge in [-0.3, -0.25) is 0 Å². The summed E-state index contributed by atoms with van der Waals surface area (Å²) in [6, 6.07) is 8.70. The van der Waals surface area contributed by atoms with Crippen LogP contribution in [0.5, 0.6) is 0 Å². The quantitative estimate of drug-likeness (QED) is 0.798. The summed E-state index contributed by atoms with van der Waals surface area (Å²) in [6.45, 7) is 8.55. The Hall–Kier alpha value is -1.91. The lowest BCUT2D eigenvalue weighted by Gasteiger charge is -2.36. The fourth-order valence-electron chi connectivity index (χ4n) is 2.10. The van der Waals surface area contributed by atoms with Crippen LogP contribution in [-0.2, 0) is 4.74 Å². The molecule has 5 heteroatoms. The van der Waals surface area contributed by atoms with Crippen molar-refractivity contribution in [1.82, 2.24) is 4.90 Å². The summed E-state index contributed by atoms with van der Waals surface area (Å²) in [5, 5.41) is 0. The van der Waals surface area contributed by atoms with Gasteiger partial charge in [0.05, 0.1) is 0 Å². The van der Waals surface area contributed by atoms with Gasteiger partial charge in [-0.1, -0.05) is 0 Å². The first kappa shape index (κ1) is 14.5. The van der Waals surface area contributed by atoms with E-state index in [1.165, 1.54) is 0 Å². The zero-order valence-corrected chi connectivity index (χ0v) is 12.3. The zero-order valence-electron chi connectivity index (χ0n) is 12.3. The van der Waals surface area contributed by atoms with Crippen molar-refractivity contribution in [1.29, 1.82) is 0 Å². The van der Waals surface area contributed by atoms with Crippen LogP contribution in [0, 0.1) is 6.07 Å². The van der Waals surface area contributed by atoms with E-state index in [0.717, 1.165) is 18.8 Å². The van der Waals surface area contributed by atoms with E-state index < -0.39 is 5.60 Å². The fourth-order valence-corrected chi connectivity index (χ4v) is 2.10. The van der Waals surface area contributed by atoms with Crippen LogP contribution in [0.25, 0.3) is 0 Å². The molecule has 0 saturated carbocycles. The van der Waals surface area contributed by atoms with Crippen molar-refractivity contribution in [2.75, 3.05) is 36.8 Å². The minimum atomic E-state index is -0.444. The molecule has 1 radical (unpaired) electrons. The Kier molecular flexibility index (Phi) is 4.06. The topological polar surface area (TPSA) is 58.8 Å². The van der Waals surface area contributed by atoms with Crippen LogP contribution in [0.3, 0.4) is 0 Å². The molecule has 1 fully saturated rings. The van der Waals surface area contributed by atoms with Gasteiger partial charge in [0, 0.05) is 43.6 Å². The number of nitrogens with zero attached hydrogens (tertiary/aromatic N) is 2. The predicted octanol–water partition coefficient (Wildman–Crippen LogP) is 2.13. The van der Waals surface area contributed by atoms with E-state index in [-0.39, 0.29) is 6.09 Å². The maximum absolute atomic E-state index is 12.0. The molecule has 2 rings (SSSR count). The Morgan fingerprint density at radius 3 is 2.40 bits per heavy atom. The third-order valence-electron chi connectivity index (χ3n) is 3.12. The first-order chi connectivity index (χ1) is 9.35. The molecule has 1 aliphatic heterocycles. The number of nitrogen functional groups attached to an aromatic ring is 1. The second kappa shape index (κ2) is 5.61. The Labute approximate surface area is 120 Å². The molecule has 20 heavy (non-hydrogen) atoms. The average molecular weight is 276 g/mol. The van der Waals surface area contributed by atoms with Crippen LogP contribution >= 0.6 is 0 Å². The molecule has 1 aromatic carbocycles. The number of nitrogens with two attached hydrogens (primary N) is 1. The van der Waals surface area contributed by atoms with E-state index in [0.29, 0.717) is 18.8 Å². The van der Waals surface area contributed by atoms with Gasteiger partial charge in [-0.25, -0.2) is 4.79 Å². The summed E-state index contributed by atoms with van der Waals surface area (Å²) in [7, 11) is 0. The van der Waals surface area contributed by atoms with Crippen LogP contribution in [0.1, 0.15) is 20.8 Å².